The monoisotopic (exact) mass is 972 g/mol. The van der Waals surface area contributed by atoms with Crippen LogP contribution in [0, 0.1) is 0 Å². The van der Waals surface area contributed by atoms with Gasteiger partial charge in [-0.25, -0.2) is 0 Å². The van der Waals surface area contributed by atoms with Crippen LogP contribution in [0.3, 0.4) is 0 Å². The number of benzene rings is 7. The van der Waals surface area contributed by atoms with E-state index in [0.29, 0.717) is 6.61 Å². The lowest BCUT2D eigenvalue weighted by molar-refractivity contribution is -0.349. The summed E-state index contributed by atoms with van der Waals surface area (Å²) in [5.41, 5.74) is 6.80. The molecule has 10 atom stereocenters. The van der Waals surface area contributed by atoms with Gasteiger partial charge in [0.25, 0.3) is 0 Å². The highest BCUT2D eigenvalue weighted by atomic mass is 16.7. The van der Waals surface area contributed by atoms with Gasteiger partial charge < -0.3 is 52.5 Å². The van der Waals surface area contributed by atoms with Crippen molar-refractivity contribution >= 4 is 0 Å². The first-order valence-electron chi connectivity index (χ1n) is 24.8. The van der Waals surface area contributed by atoms with E-state index in [2.05, 4.69) is 0 Å². The minimum atomic E-state index is -1.41. The fourth-order valence-electron chi connectivity index (χ4n) is 8.97. The molecule has 0 spiro atoms. The van der Waals surface area contributed by atoms with Gasteiger partial charge >= 0.3 is 0 Å². The maximum atomic E-state index is 12.0. The summed E-state index contributed by atoms with van der Waals surface area (Å²) >= 11 is 0. The van der Waals surface area contributed by atoms with E-state index < -0.39 is 61.4 Å². The standard InChI is InChI=1S/C61H64O11/c62-60-58(68-41-50-32-18-6-19-33-50)56(66-39-48-28-14-4-15-29-48)55(65-38-47-26-12-3-13-27-47)53(71-60)44-70-61-59(69-42-51-34-20-7-21-35-51)57(67-40-49-30-16-5-17-31-49)54(64-37-46-24-10-2-11-25-46)52(72-61)43-63-36-45-22-8-1-9-23-45/h1-35,52-62H,36-44H2/t52-,53-,54-,55+,56+,57+,58-,59+,60+,61+/m1/s1. The van der Waals surface area contributed by atoms with Crippen LogP contribution in [0.5, 0.6) is 0 Å². The van der Waals surface area contributed by atoms with E-state index in [1.807, 2.05) is 212 Å². The third kappa shape index (κ3) is 14.8. The molecule has 0 bridgehead atoms. The number of hydrogen-bond donors (Lipinski definition) is 1. The highest BCUT2D eigenvalue weighted by Gasteiger charge is 2.52. The van der Waals surface area contributed by atoms with E-state index in [9.17, 15) is 5.11 Å². The lowest BCUT2D eigenvalue weighted by atomic mass is 9.97. The SMILES string of the molecule is O[C@H]1O[C@H](CO[C@H]2O[C@H](COCc3ccccc3)[C@@H](OCc3ccccc3)[C@H](OCc3ccccc3)[C@@H]2OCc2ccccc2)[C@H](OCc2ccccc2)[C@H](OCc2ccccc2)[C@H]1OCc1ccccc1. The summed E-state index contributed by atoms with van der Waals surface area (Å²) in [6, 6.07) is 69.7. The molecule has 0 unspecified atom stereocenters. The fraction of sp³-hybridized carbons (Fsp3) is 0.311. The minimum absolute atomic E-state index is 0.0957. The number of aliphatic hydroxyl groups excluding tert-OH is 1. The predicted octanol–water partition coefficient (Wildman–Crippen LogP) is 10.2. The van der Waals surface area contributed by atoms with Crippen LogP contribution in [-0.4, -0.2) is 79.7 Å². The molecule has 2 aliphatic heterocycles. The molecular weight excluding hydrogens is 909 g/mol. The number of rotatable bonds is 25. The molecule has 11 nitrogen and oxygen atoms in total. The molecule has 9 rings (SSSR count). The van der Waals surface area contributed by atoms with Crippen molar-refractivity contribution in [2.45, 2.75) is 108 Å². The van der Waals surface area contributed by atoms with Crippen molar-refractivity contribution in [3.8, 4) is 0 Å². The van der Waals surface area contributed by atoms with Gasteiger partial charge in [-0.1, -0.05) is 212 Å². The average molecular weight is 973 g/mol. The van der Waals surface area contributed by atoms with Gasteiger partial charge in [0.05, 0.1) is 59.5 Å². The molecule has 72 heavy (non-hydrogen) atoms. The van der Waals surface area contributed by atoms with Gasteiger partial charge in [0.2, 0.25) is 0 Å². The van der Waals surface area contributed by atoms with E-state index in [1.165, 1.54) is 0 Å². The Kier molecular flexibility index (Phi) is 19.3. The average Bonchev–Trinajstić information content (AvgIpc) is 3.44. The molecule has 0 radical (unpaired) electrons. The first-order chi connectivity index (χ1) is 35.6. The topological polar surface area (TPSA) is 113 Å². The van der Waals surface area contributed by atoms with Crippen LogP contribution >= 0.6 is 0 Å². The van der Waals surface area contributed by atoms with Crippen LogP contribution in [0.25, 0.3) is 0 Å². The molecular formula is C61H64O11. The molecule has 2 heterocycles. The van der Waals surface area contributed by atoms with E-state index in [-0.39, 0.29) is 52.9 Å². The van der Waals surface area contributed by atoms with Crippen molar-refractivity contribution in [1.29, 1.82) is 0 Å². The van der Waals surface area contributed by atoms with Gasteiger partial charge in [0.15, 0.2) is 12.6 Å². The number of aliphatic hydroxyl groups is 1. The van der Waals surface area contributed by atoms with Crippen molar-refractivity contribution in [2.24, 2.45) is 0 Å². The third-order valence-electron chi connectivity index (χ3n) is 12.7. The van der Waals surface area contributed by atoms with Crippen LogP contribution in [0.15, 0.2) is 212 Å². The Hall–Kier alpha value is -5.90. The second kappa shape index (κ2) is 27.2. The van der Waals surface area contributed by atoms with Crippen LogP contribution < -0.4 is 0 Å². The quantitative estimate of drug-likeness (QED) is 0.0591. The predicted molar refractivity (Wildman–Crippen MR) is 272 cm³/mol. The summed E-state index contributed by atoms with van der Waals surface area (Å²) in [5.74, 6) is 0. The minimum Gasteiger partial charge on any atom is -0.374 e. The Morgan fingerprint density at radius 2 is 0.556 bits per heavy atom. The zero-order valence-corrected chi connectivity index (χ0v) is 40.4. The summed E-state index contributed by atoms with van der Waals surface area (Å²) in [6.07, 6.45) is -8.74. The Morgan fingerprint density at radius 3 is 0.917 bits per heavy atom. The van der Waals surface area contributed by atoms with Gasteiger partial charge in [-0.2, -0.15) is 0 Å². The van der Waals surface area contributed by atoms with Gasteiger partial charge in [0, 0.05) is 0 Å². The first kappa shape index (κ1) is 51.0. The second-order valence-electron chi connectivity index (χ2n) is 18.0. The van der Waals surface area contributed by atoms with Crippen molar-refractivity contribution in [2.75, 3.05) is 13.2 Å². The Labute approximate surface area is 423 Å². The summed E-state index contributed by atoms with van der Waals surface area (Å²) in [6.45, 7) is 1.89. The molecule has 0 amide bonds. The third-order valence-corrected chi connectivity index (χ3v) is 12.7. The van der Waals surface area contributed by atoms with Gasteiger partial charge in [-0.3, -0.25) is 0 Å². The molecule has 2 saturated heterocycles. The Balaban J connectivity index is 1.04. The van der Waals surface area contributed by atoms with Gasteiger partial charge in [-0.05, 0) is 38.9 Å². The molecule has 0 saturated carbocycles. The zero-order chi connectivity index (χ0) is 49.0. The van der Waals surface area contributed by atoms with Crippen LogP contribution in [0.2, 0.25) is 0 Å². The molecule has 1 N–H and O–H groups in total. The highest BCUT2D eigenvalue weighted by molar-refractivity contribution is 5.19. The molecule has 7 aromatic rings. The Bertz CT molecular complexity index is 2550. The molecule has 2 fully saturated rings. The van der Waals surface area contributed by atoms with Gasteiger partial charge in [0.1, 0.15) is 48.8 Å². The molecule has 374 valence electrons. The largest absolute Gasteiger partial charge is 0.374 e. The number of ether oxygens (including phenoxy) is 10. The molecule has 7 aromatic carbocycles. The highest BCUT2D eigenvalue weighted by Crippen LogP contribution is 2.34. The fourth-order valence-corrected chi connectivity index (χ4v) is 8.97. The van der Waals surface area contributed by atoms with Crippen molar-refractivity contribution < 1.29 is 52.5 Å². The van der Waals surface area contributed by atoms with E-state index in [1.54, 1.807) is 0 Å². The summed E-state index contributed by atoms with van der Waals surface area (Å²) in [5, 5.41) is 12.0. The van der Waals surface area contributed by atoms with E-state index in [0.717, 1.165) is 38.9 Å². The molecule has 11 heteroatoms. The summed E-state index contributed by atoms with van der Waals surface area (Å²) < 4.78 is 67.9. The maximum absolute atomic E-state index is 12.0. The summed E-state index contributed by atoms with van der Waals surface area (Å²) in [7, 11) is 0. The number of hydrogen-bond acceptors (Lipinski definition) is 11. The molecule has 0 aromatic heterocycles. The van der Waals surface area contributed by atoms with E-state index >= 15 is 0 Å². The van der Waals surface area contributed by atoms with Gasteiger partial charge in [-0.15, -0.1) is 0 Å². The van der Waals surface area contributed by atoms with Crippen molar-refractivity contribution in [1.82, 2.24) is 0 Å². The maximum Gasteiger partial charge on any atom is 0.187 e. The zero-order valence-electron chi connectivity index (χ0n) is 40.4. The first-order valence-corrected chi connectivity index (χ1v) is 24.8. The lowest BCUT2D eigenvalue weighted by Gasteiger charge is -2.47. The Morgan fingerprint density at radius 1 is 0.278 bits per heavy atom. The summed E-state index contributed by atoms with van der Waals surface area (Å²) in [4.78, 5) is 0. The smallest absolute Gasteiger partial charge is 0.187 e. The molecule has 0 aliphatic carbocycles. The van der Waals surface area contributed by atoms with Crippen LogP contribution in [-0.2, 0) is 93.6 Å². The van der Waals surface area contributed by atoms with Crippen molar-refractivity contribution in [3.63, 3.8) is 0 Å². The normalized spacial score (nSPS) is 24.2. The second-order valence-corrected chi connectivity index (χ2v) is 18.0. The van der Waals surface area contributed by atoms with Crippen molar-refractivity contribution in [3.05, 3.63) is 251 Å². The van der Waals surface area contributed by atoms with Crippen LogP contribution in [0.4, 0.5) is 0 Å². The van der Waals surface area contributed by atoms with E-state index in [4.69, 9.17) is 47.4 Å². The van der Waals surface area contributed by atoms with Crippen LogP contribution in [0.1, 0.15) is 38.9 Å². The molecule has 2 aliphatic rings. The lowest BCUT2D eigenvalue weighted by Crippen LogP contribution is -2.63.